The third-order valence-corrected chi connectivity index (χ3v) is 3.53. The molecule has 0 atom stereocenters. The zero-order chi connectivity index (χ0) is 13.2. The lowest BCUT2D eigenvalue weighted by Crippen LogP contribution is -2.24. The molecule has 2 heterocycles. The lowest BCUT2D eigenvalue weighted by atomic mass is 10.1. The summed E-state index contributed by atoms with van der Waals surface area (Å²) >= 11 is 0. The van der Waals surface area contributed by atoms with Crippen LogP contribution in [0.3, 0.4) is 0 Å². The Labute approximate surface area is 112 Å². The van der Waals surface area contributed by atoms with E-state index in [4.69, 9.17) is 0 Å². The van der Waals surface area contributed by atoms with Crippen molar-refractivity contribution in [3.05, 3.63) is 58.9 Å². The van der Waals surface area contributed by atoms with Crippen molar-refractivity contribution in [1.29, 1.82) is 0 Å². The number of amides is 1. The molecule has 0 saturated carbocycles. The molecule has 2 aromatic rings. The molecule has 2 N–H and O–H groups in total. The fourth-order valence-electron chi connectivity index (χ4n) is 2.43. The molecule has 1 aromatic carbocycles. The Morgan fingerprint density at radius 2 is 2.16 bits per heavy atom. The summed E-state index contributed by atoms with van der Waals surface area (Å²) in [6.07, 6.45) is 1.87. The van der Waals surface area contributed by atoms with Crippen molar-refractivity contribution in [2.75, 3.05) is 0 Å². The number of carbonyl (C=O) groups excluding carboxylic acids is 1. The van der Waals surface area contributed by atoms with Crippen LogP contribution in [0.15, 0.2) is 36.5 Å². The number of aryl methyl sites for hydroxylation is 1. The summed E-state index contributed by atoms with van der Waals surface area (Å²) in [4.78, 5) is 12.0. The first-order valence-electron chi connectivity index (χ1n) is 6.45. The molecular weight excluding hydrogens is 238 g/mol. The van der Waals surface area contributed by atoms with E-state index < -0.39 is 0 Å². The van der Waals surface area contributed by atoms with Crippen molar-refractivity contribution in [1.82, 2.24) is 15.2 Å². The van der Waals surface area contributed by atoms with Gasteiger partial charge in [0.25, 0.3) is 5.91 Å². The number of benzene rings is 1. The molecule has 4 nitrogen and oxygen atoms in total. The normalized spacial score (nSPS) is 13.3. The number of aromatic nitrogens is 1. The highest BCUT2D eigenvalue weighted by Gasteiger charge is 2.11. The molecule has 1 aliphatic rings. The fourth-order valence-corrected chi connectivity index (χ4v) is 2.43. The van der Waals surface area contributed by atoms with Gasteiger partial charge in [0.05, 0.1) is 0 Å². The van der Waals surface area contributed by atoms with Gasteiger partial charge in [-0.25, -0.2) is 0 Å². The number of rotatable bonds is 3. The molecule has 0 fully saturated rings. The van der Waals surface area contributed by atoms with Crippen molar-refractivity contribution < 1.29 is 4.79 Å². The van der Waals surface area contributed by atoms with Crippen molar-refractivity contribution in [3.8, 4) is 0 Å². The Morgan fingerprint density at radius 3 is 2.95 bits per heavy atom. The molecule has 4 heteroatoms. The van der Waals surface area contributed by atoms with Crippen molar-refractivity contribution >= 4 is 5.91 Å². The molecule has 3 rings (SSSR count). The van der Waals surface area contributed by atoms with Crippen LogP contribution in [0.4, 0.5) is 0 Å². The summed E-state index contributed by atoms with van der Waals surface area (Å²) in [7, 11) is 1.87. The molecule has 1 amide bonds. The molecule has 0 aliphatic carbocycles. The van der Waals surface area contributed by atoms with Crippen molar-refractivity contribution in [3.63, 3.8) is 0 Å². The number of carbonyl (C=O) groups is 1. The number of hydrogen-bond acceptors (Lipinski definition) is 2. The van der Waals surface area contributed by atoms with Crippen LogP contribution < -0.4 is 10.6 Å². The Kier molecular flexibility index (Phi) is 3.09. The van der Waals surface area contributed by atoms with E-state index >= 15 is 0 Å². The van der Waals surface area contributed by atoms with Gasteiger partial charge in [0.15, 0.2) is 0 Å². The Hall–Kier alpha value is -2.07. The average molecular weight is 255 g/mol. The van der Waals surface area contributed by atoms with Gasteiger partial charge < -0.3 is 15.2 Å². The van der Waals surface area contributed by atoms with Crippen LogP contribution in [-0.4, -0.2) is 10.5 Å². The van der Waals surface area contributed by atoms with E-state index in [0.29, 0.717) is 12.2 Å². The molecule has 0 saturated heterocycles. The lowest BCUT2D eigenvalue weighted by Gasteiger charge is -2.07. The molecule has 1 aliphatic heterocycles. The first kappa shape index (κ1) is 12.0. The molecule has 0 spiro atoms. The van der Waals surface area contributed by atoms with Crippen molar-refractivity contribution in [2.24, 2.45) is 7.05 Å². The second-order valence-electron chi connectivity index (χ2n) is 4.89. The van der Waals surface area contributed by atoms with E-state index in [2.05, 4.69) is 28.8 Å². The Balaban J connectivity index is 1.66. The van der Waals surface area contributed by atoms with Gasteiger partial charge in [0.2, 0.25) is 0 Å². The van der Waals surface area contributed by atoms with E-state index in [1.54, 1.807) is 0 Å². The standard InChI is InChI=1S/C15H17N3O/c1-18-6-2-3-14(18)15(19)17-8-11-4-5-12-9-16-10-13(12)7-11/h2-7,16H,8-10H2,1H3,(H,17,19). The van der Waals surface area contributed by atoms with Gasteiger partial charge in [-0.2, -0.15) is 0 Å². The number of hydrogen-bond donors (Lipinski definition) is 2. The minimum absolute atomic E-state index is 0.0360. The van der Waals surface area contributed by atoms with Crippen LogP contribution in [0.25, 0.3) is 0 Å². The van der Waals surface area contributed by atoms with E-state index in [9.17, 15) is 4.79 Å². The summed E-state index contributed by atoms with van der Waals surface area (Å²) in [6.45, 7) is 2.44. The van der Waals surface area contributed by atoms with E-state index in [1.807, 2.05) is 29.9 Å². The molecule has 0 bridgehead atoms. The third kappa shape index (κ3) is 2.39. The minimum Gasteiger partial charge on any atom is -0.347 e. The minimum atomic E-state index is -0.0360. The number of fused-ring (bicyclic) bond motifs is 1. The summed E-state index contributed by atoms with van der Waals surface area (Å²) in [5.74, 6) is -0.0360. The molecule has 19 heavy (non-hydrogen) atoms. The van der Waals surface area contributed by atoms with E-state index in [0.717, 1.165) is 18.7 Å². The fraction of sp³-hybridized carbons (Fsp3) is 0.267. The maximum Gasteiger partial charge on any atom is 0.268 e. The summed E-state index contributed by atoms with van der Waals surface area (Å²) in [5, 5.41) is 6.27. The quantitative estimate of drug-likeness (QED) is 0.874. The van der Waals surface area contributed by atoms with E-state index in [1.165, 1.54) is 11.1 Å². The van der Waals surface area contributed by atoms with Gasteiger partial charge in [-0.3, -0.25) is 4.79 Å². The molecule has 98 valence electrons. The molecule has 0 radical (unpaired) electrons. The van der Waals surface area contributed by atoms with Crippen LogP contribution in [0.1, 0.15) is 27.2 Å². The highest BCUT2D eigenvalue weighted by atomic mass is 16.1. The highest BCUT2D eigenvalue weighted by molar-refractivity contribution is 5.92. The van der Waals surface area contributed by atoms with Crippen molar-refractivity contribution in [2.45, 2.75) is 19.6 Å². The van der Waals surface area contributed by atoms with Crippen LogP contribution in [0, 0.1) is 0 Å². The average Bonchev–Trinajstić information content (AvgIpc) is 3.03. The third-order valence-electron chi connectivity index (χ3n) is 3.53. The van der Waals surface area contributed by atoms with Crippen LogP contribution in [0.2, 0.25) is 0 Å². The van der Waals surface area contributed by atoms with Crippen LogP contribution in [0.5, 0.6) is 0 Å². The predicted octanol–water partition coefficient (Wildman–Crippen LogP) is 1.56. The smallest absolute Gasteiger partial charge is 0.268 e. The largest absolute Gasteiger partial charge is 0.347 e. The lowest BCUT2D eigenvalue weighted by molar-refractivity contribution is 0.0943. The highest BCUT2D eigenvalue weighted by Crippen LogP contribution is 2.16. The monoisotopic (exact) mass is 255 g/mol. The number of nitrogens with zero attached hydrogens (tertiary/aromatic N) is 1. The van der Waals surface area contributed by atoms with Gasteiger partial charge >= 0.3 is 0 Å². The Bertz CT molecular complexity index is 616. The van der Waals surface area contributed by atoms with Crippen LogP contribution in [-0.2, 0) is 26.7 Å². The SMILES string of the molecule is Cn1cccc1C(=O)NCc1ccc2c(c1)CNC2. The first-order valence-corrected chi connectivity index (χ1v) is 6.45. The molecule has 0 unspecified atom stereocenters. The molecular formula is C15H17N3O. The topological polar surface area (TPSA) is 46.1 Å². The second-order valence-corrected chi connectivity index (χ2v) is 4.89. The second kappa shape index (κ2) is 4.90. The van der Waals surface area contributed by atoms with Crippen LogP contribution >= 0.6 is 0 Å². The van der Waals surface area contributed by atoms with Gasteiger partial charge in [-0.15, -0.1) is 0 Å². The van der Waals surface area contributed by atoms with Gasteiger partial charge in [-0.05, 0) is 28.8 Å². The molecule has 1 aromatic heterocycles. The maximum atomic E-state index is 12.0. The first-order chi connectivity index (χ1) is 9.24. The predicted molar refractivity (Wildman–Crippen MR) is 73.6 cm³/mol. The summed E-state index contributed by atoms with van der Waals surface area (Å²) < 4.78 is 1.82. The van der Waals surface area contributed by atoms with Gasteiger partial charge in [0.1, 0.15) is 5.69 Å². The van der Waals surface area contributed by atoms with Gasteiger partial charge in [0, 0.05) is 32.9 Å². The zero-order valence-corrected chi connectivity index (χ0v) is 10.9. The Morgan fingerprint density at radius 1 is 1.32 bits per heavy atom. The number of nitrogens with one attached hydrogen (secondary N) is 2. The van der Waals surface area contributed by atoms with E-state index in [-0.39, 0.29) is 5.91 Å². The van der Waals surface area contributed by atoms with Gasteiger partial charge in [-0.1, -0.05) is 18.2 Å². The summed E-state index contributed by atoms with van der Waals surface area (Å²) in [6, 6.07) is 10.1. The maximum absolute atomic E-state index is 12.0. The summed E-state index contributed by atoms with van der Waals surface area (Å²) in [5.41, 5.74) is 4.52. The zero-order valence-electron chi connectivity index (χ0n) is 10.9.